The number of ether oxygens (including phenoxy) is 3. The van der Waals surface area contributed by atoms with E-state index < -0.39 is 17.6 Å². The highest BCUT2D eigenvalue weighted by molar-refractivity contribution is 14.1. The first kappa shape index (κ1) is 27.8. The molecule has 9 nitrogen and oxygen atoms in total. The molecule has 1 aromatic heterocycles. The SMILES string of the molecule is CCOc1cc(/C=N/NC(=O)COc2cccc3cccnc23)cc(I)c1OCC(=O)Nc1ccc(F)cc1. The van der Waals surface area contributed by atoms with E-state index in [1.54, 1.807) is 24.4 Å². The highest BCUT2D eigenvalue weighted by Crippen LogP contribution is 2.34. The molecule has 0 radical (unpaired) electrons. The molecule has 200 valence electrons. The zero-order chi connectivity index (χ0) is 27.6. The number of halogens is 2. The number of rotatable bonds is 11. The van der Waals surface area contributed by atoms with Gasteiger partial charge in [-0.15, -0.1) is 0 Å². The van der Waals surface area contributed by atoms with Crippen LogP contribution < -0.4 is 25.0 Å². The van der Waals surface area contributed by atoms with Crippen molar-refractivity contribution < 1.29 is 28.2 Å². The summed E-state index contributed by atoms with van der Waals surface area (Å²) in [5.41, 5.74) is 4.21. The van der Waals surface area contributed by atoms with Gasteiger partial charge in [0.25, 0.3) is 11.8 Å². The number of pyridine rings is 1. The maximum Gasteiger partial charge on any atom is 0.277 e. The minimum absolute atomic E-state index is 0.235. The molecule has 1 heterocycles. The molecule has 4 rings (SSSR count). The largest absolute Gasteiger partial charge is 0.490 e. The lowest BCUT2D eigenvalue weighted by Gasteiger charge is -2.14. The number of hydrogen-bond acceptors (Lipinski definition) is 7. The zero-order valence-corrected chi connectivity index (χ0v) is 23.0. The van der Waals surface area contributed by atoms with Gasteiger partial charge in [-0.3, -0.25) is 14.6 Å². The molecule has 0 saturated carbocycles. The van der Waals surface area contributed by atoms with E-state index in [0.29, 0.717) is 44.2 Å². The molecule has 0 unspecified atom stereocenters. The molecule has 0 spiro atoms. The maximum absolute atomic E-state index is 13.1. The number of nitrogens with zero attached hydrogens (tertiary/aromatic N) is 2. The Morgan fingerprint density at radius 1 is 0.974 bits per heavy atom. The smallest absolute Gasteiger partial charge is 0.277 e. The Bertz CT molecular complexity index is 1490. The van der Waals surface area contributed by atoms with Crippen molar-refractivity contribution in [3.63, 3.8) is 0 Å². The first-order valence-electron chi connectivity index (χ1n) is 11.9. The van der Waals surface area contributed by atoms with Gasteiger partial charge in [0.1, 0.15) is 17.1 Å². The molecule has 0 atom stereocenters. The number of para-hydroxylation sites is 1. The van der Waals surface area contributed by atoms with E-state index in [-0.39, 0.29) is 13.2 Å². The summed E-state index contributed by atoms with van der Waals surface area (Å²) in [5.74, 6) is 0.0736. The molecule has 3 aromatic carbocycles. The number of nitrogens with one attached hydrogen (secondary N) is 2. The zero-order valence-electron chi connectivity index (χ0n) is 20.8. The second-order valence-electron chi connectivity index (χ2n) is 8.02. The van der Waals surface area contributed by atoms with Crippen LogP contribution in [0, 0.1) is 9.39 Å². The number of fused-ring (bicyclic) bond motifs is 1. The molecule has 0 saturated heterocycles. The predicted molar refractivity (Wildman–Crippen MR) is 154 cm³/mol. The van der Waals surface area contributed by atoms with Crippen molar-refractivity contribution in [2.45, 2.75) is 6.92 Å². The molecule has 0 aliphatic carbocycles. The van der Waals surface area contributed by atoms with Crippen LogP contribution in [0.25, 0.3) is 10.9 Å². The molecule has 2 N–H and O–H groups in total. The molecule has 2 amide bonds. The van der Waals surface area contributed by atoms with Crippen molar-refractivity contribution >= 4 is 57.2 Å². The van der Waals surface area contributed by atoms with Crippen molar-refractivity contribution in [2.24, 2.45) is 5.10 Å². The van der Waals surface area contributed by atoms with Gasteiger partial charge in [-0.1, -0.05) is 18.2 Å². The summed E-state index contributed by atoms with van der Waals surface area (Å²) >= 11 is 2.06. The number of anilines is 1. The Balaban J connectivity index is 1.34. The summed E-state index contributed by atoms with van der Waals surface area (Å²) < 4.78 is 30.8. The number of benzene rings is 3. The van der Waals surface area contributed by atoms with Crippen molar-refractivity contribution in [1.29, 1.82) is 0 Å². The van der Waals surface area contributed by atoms with Gasteiger partial charge in [0, 0.05) is 17.3 Å². The molecule has 0 bridgehead atoms. The van der Waals surface area contributed by atoms with Crippen LogP contribution in [-0.2, 0) is 9.59 Å². The Labute approximate surface area is 237 Å². The van der Waals surface area contributed by atoms with E-state index >= 15 is 0 Å². The van der Waals surface area contributed by atoms with Crippen molar-refractivity contribution in [2.75, 3.05) is 25.1 Å². The Morgan fingerprint density at radius 3 is 2.54 bits per heavy atom. The normalized spacial score (nSPS) is 10.8. The molecule has 39 heavy (non-hydrogen) atoms. The summed E-state index contributed by atoms with van der Waals surface area (Å²) in [7, 11) is 0. The molecular formula is C28H24FIN4O5. The number of hydrazone groups is 1. The summed E-state index contributed by atoms with van der Waals surface area (Å²) in [6, 6.07) is 18.1. The number of carbonyl (C=O) groups is 2. The van der Waals surface area contributed by atoms with Crippen LogP contribution in [0.3, 0.4) is 0 Å². The van der Waals surface area contributed by atoms with Gasteiger partial charge >= 0.3 is 0 Å². The van der Waals surface area contributed by atoms with Crippen LogP contribution in [0.1, 0.15) is 12.5 Å². The van der Waals surface area contributed by atoms with Gasteiger partial charge in [-0.2, -0.15) is 5.10 Å². The predicted octanol–water partition coefficient (Wildman–Crippen LogP) is 4.92. The summed E-state index contributed by atoms with van der Waals surface area (Å²) in [5, 5.41) is 7.56. The van der Waals surface area contributed by atoms with Gasteiger partial charge in [-0.25, -0.2) is 9.82 Å². The van der Waals surface area contributed by atoms with E-state index in [0.717, 1.165) is 5.39 Å². The van der Waals surface area contributed by atoms with Gasteiger partial charge in [0.15, 0.2) is 24.7 Å². The Morgan fingerprint density at radius 2 is 1.74 bits per heavy atom. The monoisotopic (exact) mass is 642 g/mol. The highest BCUT2D eigenvalue weighted by Gasteiger charge is 2.14. The minimum Gasteiger partial charge on any atom is -0.490 e. The van der Waals surface area contributed by atoms with Crippen LogP contribution in [0.4, 0.5) is 10.1 Å². The minimum atomic E-state index is -0.439. The van der Waals surface area contributed by atoms with Crippen LogP contribution in [0.5, 0.6) is 17.2 Å². The standard InChI is InChI=1S/C28H24FIN4O5/c1-2-37-24-14-18(13-22(30)28(24)39-16-25(35)33-21-10-8-20(29)9-11-21)15-32-34-26(36)17-38-23-7-3-5-19-6-4-12-31-27(19)23/h3-15H,2,16-17H2,1H3,(H,33,35)(H,34,36)/b32-15+. The molecule has 0 aliphatic heterocycles. The fourth-order valence-electron chi connectivity index (χ4n) is 3.48. The third-order valence-electron chi connectivity index (χ3n) is 5.16. The molecular weight excluding hydrogens is 618 g/mol. The third-order valence-corrected chi connectivity index (χ3v) is 5.97. The van der Waals surface area contributed by atoms with E-state index in [1.807, 2.05) is 31.2 Å². The lowest BCUT2D eigenvalue weighted by molar-refractivity contribution is -0.123. The van der Waals surface area contributed by atoms with Crippen molar-refractivity contribution in [1.82, 2.24) is 10.4 Å². The number of carbonyl (C=O) groups excluding carboxylic acids is 2. The first-order valence-corrected chi connectivity index (χ1v) is 12.9. The lowest BCUT2D eigenvalue weighted by Crippen LogP contribution is -2.24. The molecule has 4 aromatic rings. The Kier molecular flexibility index (Phi) is 9.62. The van der Waals surface area contributed by atoms with Crippen LogP contribution in [0.2, 0.25) is 0 Å². The van der Waals surface area contributed by atoms with Gasteiger partial charge in [0.05, 0.1) is 16.4 Å². The highest BCUT2D eigenvalue weighted by atomic mass is 127. The van der Waals surface area contributed by atoms with Crippen LogP contribution >= 0.6 is 22.6 Å². The summed E-state index contributed by atoms with van der Waals surface area (Å²) in [4.78, 5) is 28.8. The third kappa shape index (κ3) is 7.87. The van der Waals surface area contributed by atoms with E-state index in [9.17, 15) is 14.0 Å². The van der Waals surface area contributed by atoms with Crippen molar-refractivity contribution in [3.05, 3.63) is 87.9 Å². The Hall–Kier alpha value is -4.26. The first-order chi connectivity index (χ1) is 18.9. The van der Waals surface area contributed by atoms with Crippen LogP contribution in [0.15, 0.2) is 78.0 Å². The van der Waals surface area contributed by atoms with Gasteiger partial charge in [0.2, 0.25) is 0 Å². The quantitative estimate of drug-likeness (QED) is 0.137. The second kappa shape index (κ2) is 13.5. The lowest BCUT2D eigenvalue weighted by atomic mass is 10.2. The maximum atomic E-state index is 13.1. The fraction of sp³-hybridized carbons (Fsp3) is 0.143. The fourth-order valence-corrected chi connectivity index (χ4v) is 4.26. The average molecular weight is 642 g/mol. The average Bonchev–Trinajstić information content (AvgIpc) is 2.93. The summed E-state index contributed by atoms with van der Waals surface area (Å²) in [6.45, 7) is 1.68. The van der Waals surface area contributed by atoms with Gasteiger partial charge < -0.3 is 19.5 Å². The molecule has 0 aliphatic rings. The summed E-state index contributed by atoms with van der Waals surface area (Å²) in [6.07, 6.45) is 3.13. The topological polar surface area (TPSA) is 111 Å². The number of aromatic nitrogens is 1. The molecule has 0 fully saturated rings. The second-order valence-corrected chi connectivity index (χ2v) is 9.18. The molecule has 11 heteroatoms. The number of amides is 2. The van der Waals surface area contributed by atoms with Crippen molar-refractivity contribution in [3.8, 4) is 17.2 Å². The van der Waals surface area contributed by atoms with Gasteiger partial charge in [-0.05, 0) is 83.6 Å². The number of hydrogen-bond donors (Lipinski definition) is 2. The van der Waals surface area contributed by atoms with E-state index in [1.165, 1.54) is 30.5 Å². The van der Waals surface area contributed by atoms with E-state index in [4.69, 9.17) is 14.2 Å². The van der Waals surface area contributed by atoms with E-state index in [2.05, 4.69) is 43.4 Å². The van der Waals surface area contributed by atoms with Crippen LogP contribution in [-0.4, -0.2) is 42.8 Å².